The average molecular weight is 344 g/mol. The van der Waals surface area contributed by atoms with Crippen molar-refractivity contribution in [3.05, 3.63) is 54.4 Å². The summed E-state index contributed by atoms with van der Waals surface area (Å²) in [5, 5.41) is 5.81. The molecule has 0 aliphatic carbocycles. The van der Waals surface area contributed by atoms with E-state index in [1.807, 2.05) is 42.5 Å². The van der Waals surface area contributed by atoms with Crippen molar-refractivity contribution < 1.29 is 13.2 Å². The highest BCUT2D eigenvalue weighted by molar-refractivity contribution is 7.87. The number of hydrogen-bond acceptors (Lipinski definition) is 5. The van der Waals surface area contributed by atoms with Crippen molar-refractivity contribution in [1.29, 1.82) is 0 Å². The molecule has 0 saturated heterocycles. The Morgan fingerprint density at radius 3 is 2.54 bits per heavy atom. The minimum absolute atomic E-state index is 0.136. The molecule has 0 fully saturated rings. The van der Waals surface area contributed by atoms with Crippen molar-refractivity contribution in [3.8, 4) is 17.0 Å². The molecule has 24 heavy (non-hydrogen) atoms. The van der Waals surface area contributed by atoms with Crippen LogP contribution in [0.2, 0.25) is 0 Å². The molecule has 3 N–H and O–H groups in total. The first kappa shape index (κ1) is 16.3. The molecule has 0 spiro atoms. The molecule has 0 atom stereocenters. The van der Waals surface area contributed by atoms with Crippen molar-refractivity contribution in [2.24, 2.45) is 5.14 Å². The third kappa shape index (κ3) is 3.67. The fraction of sp³-hybridized carbons (Fsp3) is 0.125. The van der Waals surface area contributed by atoms with Gasteiger partial charge in [0.1, 0.15) is 12.1 Å². The highest BCUT2D eigenvalue weighted by Gasteiger charge is 2.08. The molecule has 7 nitrogen and oxygen atoms in total. The number of nitrogens with zero attached hydrogens (tertiary/aromatic N) is 2. The number of hydrogen-bond donors (Lipinski definition) is 2. The summed E-state index contributed by atoms with van der Waals surface area (Å²) >= 11 is 0. The van der Waals surface area contributed by atoms with Crippen LogP contribution in [0, 0.1) is 0 Å². The first-order valence-electron chi connectivity index (χ1n) is 7.12. The van der Waals surface area contributed by atoms with E-state index in [2.05, 4.69) is 14.7 Å². The van der Waals surface area contributed by atoms with E-state index in [9.17, 15) is 8.42 Å². The van der Waals surface area contributed by atoms with Crippen LogP contribution >= 0.6 is 0 Å². The summed E-state index contributed by atoms with van der Waals surface area (Å²) in [5.41, 5.74) is 3.30. The van der Waals surface area contributed by atoms with Crippen LogP contribution in [0.4, 0.5) is 0 Å². The van der Waals surface area contributed by atoms with Gasteiger partial charge in [-0.2, -0.15) is 13.1 Å². The molecule has 0 radical (unpaired) electrons. The van der Waals surface area contributed by atoms with E-state index >= 15 is 0 Å². The van der Waals surface area contributed by atoms with Crippen LogP contribution < -0.4 is 14.6 Å². The summed E-state index contributed by atoms with van der Waals surface area (Å²) in [6.07, 6.45) is 1.51. The first-order valence-corrected chi connectivity index (χ1v) is 8.66. The van der Waals surface area contributed by atoms with E-state index < -0.39 is 10.2 Å². The lowest BCUT2D eigenvalue weighted by Crippen LogP contribution is -2.30. The smallest absolute Gasteiger partial charge is 0.274 e. The fourth-order valence-corrected chi connectivity index (χ4v) is 2.72. The SMILES string of the molecule is COc1ccc2ncnc(-c3ccc(CNS(N)(=O)=O)cc3)c2c1. The molecule has 1 heterocycles. The van der Waals surface area contributed by atoms with Gasteiger partial charge in [-0.25, -0.2) is 15.1 Å². The zero-order valence-corrected chi connectivity index (χ0v) is 13.7. The van der Waals surface area contributed by atoms with Crippen LogP contribution in [0.3, 0.4) is 0 Å². The van der Waals surface area contributed by atoms with Crippen LogP contribution in [0.5, 0.6) is 5.75 Å². The third-order valence-electron chi connectivity index (χ3n) is 3.55. The molecular formula is C16H16N4O3S. The van der Waals surface area contributed by atoms with E-state index in [0.717, 1.165) is 33.5 Å². The van der Waals surface area contributed by atoms with Gasteiger partial charge in [0.2, 0.25) is 0 Å². The van der Waals surface area contributed by atoms with Gasteiger partial charge in [-0.05, 0) is 23.8 Å². The van der Waals surface area contributed by atoms with Gasteiger partial charge in [-0.15, -0.1) is 0 Å². The summed E-state index contributed by atoms with van der Waals surface area (Å²) in [6.45, 7) is 0.136. The molecule has 0 saturated carbocycles. The summed E-state index contributed by atoms with van der Waals surface area (Å²) in [4.78, 5) is 8.63. The van der Waals surface area contributed by atoms with Crippen molar-refractivity contribution >= 4 is 21.1 Å². The van der Waals surface area contributed by atoms with Crippen LogP contribution in [0.15, 0.2) is 48.8 Å². The molecule has 124 valence electrons. The van der Waals surface area contributed by atoms with Gasteiger partial charge in [0.05, 0.1) is 18.3 Å². The minimum Gasteiger partial charge on any atom is -0.497 e. The van der Waals surface area contributed by atoms with Crippen LogP contribution in [-0.4, -0.2) is 25.5 Å². The maximum atomic E-state index is 10.9. The lowest BCUT2D eigenvalue weighted by molar-refractivity contribution is 0.415. The molecule has 0 aliphatic heterocycles. The molecule has 1 aromatic heterocycles. The van der Waals surface area contributed by atoms with E-state index in [1.54, 1.807) is 7.11 Å². The third-order valence-corrected chi connectivity index (χ3v) is 4.09. The Balaban J connectivity index is 1.95. The second-order valence-electron chi connectivity index (χ2n) is 5.17. The monoisotopic (exact) mass is 344 g/mol. The van der Waals surface area contributed by atoms with Gasteiger partial charge in [0.25, 0.3) is 10.2 Å². The largest absolute Gasteiger partial charge is 0.497 e. The van der Waals surface area contributed by atoms with Gasteiger partial charge in [-0.3, -0.25) is 0 Å². The van der Waals surface area contributed by atoms with E-state index in [1.165, 1.54) is 6.33 Å². The van der Waals surface area contributed by atoms with Gasteiger partial charge in [0.15, 0.2) is 0 Å². The Morgan fingerprint density at radius 1 is 1.12 bits per heavy atom. The number of fused-ring (bicyclic) bond motifs is 1. The number of aromatic nitrogens is 2. The summed E-state index contributed by atoms with van der Waals surface area (Å²) < 4.78 is 29.4. The predicted molar refractivity (Wildman–Crippen MR) is 91.5 cm³/mol. The molecule has 8 heteroatoms. The molecule has 2 aromatic carbocycles. The van der Waals surface area contributed by atoms with Crippen LogP contribution in [0.25, 0.3) is 22.2 Å². The Morgan fingerprint density at radius 2 is 1.88 bits per heavy atom. The van der Waals surface area contributed by atoms with Gasteiger partial charge in [0, 0.05) is 17.5 Å². The highest BCUT2D eigenvalue weighted by Crippen LogP contribution is 2.28. The topological polar surface area (TPSA) is 107 Å². The number of methoxy groups -OCH3 is 1. The fourth-order valence-electron chi connectivity index (χ4n) is 2.36. The van der Waals surface area contributed by atoms with E-state index in [-0.39, 0.29) is 6.54 Å². The van der Waals surface area contributed by atoms with E-state index in [4.69, 9.17) is 9.88 Å². The zero-order chi connectivity index (χ0) is 17.2. The summed E-state index contributed by atoms with van der Waals surface area (Å²) in [6, 6.07) is 13.0. The Kier molecular flexibility index (Phi) is 4.43. The van der Waals surface area contributed by atoms with Crippen molar-refractivity contribution in [2.45, 2.75) is 6.54 Å². The number of nitrogens with two attached hydrogens (primary N) is 1. The second-order valence-corrected chi connectivity index (χ2v) is 6.55. The number of rotatable bonds is 5. The molecule has 0 unspecified atom stereocenters. The number of ether oxygens (including phenoxy) is 1. The number of benzene rings is 2. The quantitative estimate of drug-likeness (QED) is 0.731. The summed E-state index contributed by atoms with van der Waals surface area (Å²) in [7, 11) is -2.10. The second kappa shape index (κ2) is 6.52. The van der Waals surface area contributed by atoms with Crippen LogP contribution in [0.1, 0.15) is 5.56 Å². The maximum Gasteiger partial charge on any atom is 0.274 e. The summed E-state index contributed by atoms with van der Waals surface area (Å²) in [5.74, 6) is 0.729. The minimum atomic E-state index is -3.71. The lowest BCUT2D eigenvalue weighted by atomic mass is 10.0. The highest BCUT2D eigenvalue weighted by atomic mass is 32.2. The molecule has 0 bridgehead atoms. The predicted octanol–water partition coefficient (Wildman–Crippen LogP) is 1.60. The zero-order valence-electron chi connectivity index (χ0n) is 12.9. The lowest BCUT2D eigenvalue weighted by Gasteiger charge is -2.08. The van der Waals surface area contributed by atoms with Gasteiger partial charge < -0.3 is 4.74 Å². The molecule has 0 aliphatic rings. The van der Waals surface area contributed by atoms with Crippen molar-refractivity contribution in [2.75, 3.05) is 7.11 Å². The van der Waals surface area contributed by atoms with Gasteiger partial charge in [-0.1, -0.05) is 24.3 Å². The van der Waals surface area contributed by atoms with E-state index in [0.29, 0.717) is 0 Å². The Hall–Kier alpha value is -2.55. The average Bonchev–Trinajstić information content (AvgIpc) is 2.59. The van der Waals surface area contributed by atoms with Crippen LogP contribution in [-0.2, 0) is 16.8 Å². The van der Waals surface area contributed by atoms with Crippen molar-refractivity contribution in [3.63, 3.8) is 0 Å². The molecule has 0 amide bonds. The normalized spacial score (nSPS) is 11.6. The molecule has 3 aromatic rings. The maximum absolute atomic E-state index is 10.9. The Bertz CT molecular complexity index is 972. The number of nitrogens with one attached hydrogen (secondary N) is 1. The standard InChI is InChI=1S/C16H16N4O3S/c1-23-13-6-7-15-14(8-13)16(19-10-18-15)12-4-2-11(3-5-12)9-20-24(17,21)22/h2-8,10,20H,9H2,1H3,(H2,17,21,22). The molecule has 3 rings (SSSR count). The molecular weight excluding hydrogens is 328 g/mol. The first-order chi connectivity index (χ1) is 11.5. The van der Waals surface area contributed by atoms with Gasteiger partial charge >= 0.3 is 0 Å². The Labute approximate surface area is 139 Å². The van der Waals surface area contributed by atoms with Crippen molar-refractivity contribution in [1.82, 2.24) is 14.7 Å².